The number of benzene rings is 1. The van der Waals surface area contributed by atoms with Crippen molar-refractivity contribution in [2.24, 2.45) is 0 Å². The lowest BCUT2D eigenvalue weighted by atomic mass is 10.0. The molecule has 1 aliphatic rings. The number of imidazole rings is 1. The minimum absolute atomic E-state index is 0.00196. The highest BCUT2D eigenvalue weighted by Gasteiger charge is 2.11. The fourth-order valence-electron chi connectivity index (χ4n) is 3.04. The van der Waals surface area contributed by atoms with Gasteiger partial charge in [0.15, 0.2) is 0 Å². The second-order valence-corrected chi connectivity index (χ2v) is 6.32. The lowest BCUT2D eigenvalue weighted by molar-refractivity contribution is 0.0369. The van der Waals surface area contributed by atoms with Crippen molar-refractivity contribution in [3.63, 3.8) is 0 Å². The van der Waals surface area contributed by atoms with Gasteiger partial charge >= 0.3 is 5.69 Å². The molecule has 5 nitrogen and oxygen atoms in total. The van der Waals surface area contributed by atoms with Crippen molar-refractivity contribution >= 4 is 11.0 Å². The first kappa shape index (κ1) is 15.3. The molecule has 5 heteroatoms. The van der Waals surface area contributed by atoms with Gasteiger partial charge in [-0.3, -0.25) is 9.47 Å². The molecular weight excluding hydrogens is 278 g/mol. The second-order valence-electron chi connectivity index (χ2n) is 6.32. The minimum atomic E-state index is -0.00196. The summed E-state index contributed by atoms with van der Waals surface area (Å²) in [6, 6.07) is 6.29. The second kappa shape index (κ2) is 6.67. The Bertz CT molecular complexity index is 681. The Kier molecular flexibility index (Phi) is 4.64. The molecule has 0 aliphatic carbocycles. The number of H-pyrrole nitrogens is 1. The number of rotatable bonds is 5. The van der Waals surface area contributed by atoms with E-state index in [1.54, 1.807) is 0 Å². The van der Waals surface area contributed by atoms with Gasteiger partial charge in [0.05, 0.1) is 24.2 Å². The van der Waals surface area contributed by atoms with Gasteiger partial charge in [0.2, 0.25) is 0 Å². The van der Waals surface area contributed by atoms with Gasteiger partial charge in [-0.25, -0.2) is 4.79 Å². The van der Waals surface area contributed by atoms with E-state index in [4.69, 9.17) is 4.74 Å². The summed E-state index contributed by atoms with van der Waals surface area (Å²) in [6.45, 7) is 9.76. The van der Waals surface area contributed by atoms with Crippen LogP contribution in [-0.4, -0.2) is 47.3 Å². The van der Waals surface area contributed by atoms with E-state index in [0.717, 1.165) is 56.8 Å². The molecule has 22 heavy (non-hydrogen) atoms. The van der Waals surface area contributed by atoms with Crippen LogP contribution in [0.15, 0.2) is 23.0 Å². The van der Waals surface area contributed by atoms with E-state index in [9.17, 15) is 4.79 Å². The zero-order chi connectivity index (χ0) is 15.5. The average molecular weight is 303 g/mol. The molecule has 0 amide bonds. The molecule has 1 fully saturated rings. The maximum absolute atomic E-state index is 12.2. The lowest BCUT2D eigenvalue weighted by Crippen LogP contribution is -2.37. The van der Waals surface area contributed by atoms with Gasteiger partial charge in [-0.1, -0.05) is 19.9 Å². The van der Waals surface area contributed by atoms with Crippen LogP contribution >= 0.6 is 0 Å². The Hall–Kier alpha value is -1.59. The van der Waals surface area contributed by atoms with Crippen LogP contribution in [0.1, 0.15) is 31.7 Å². The Labute approximate surface area is 130 Å². The number of hydrogen-bond acceptors (Lipinski definition) is 3. The molecule has 0 saturated carbocycles. The van der Waals surface area contributed by atoms with Gasteiger partial charge in [-0.05, 0) is 30.0 Å². The van der Waals surface area contributed by atoms with Gasteiger partial charge in [0.1, 0.15) is 0 Å². The van der Waals surface area contributed by atoms with Crippen LogP contribution in [0.25, 0.3) is 11.0 Å². The Morgan fingerprint density at radius 2 is 2.00 bits per heavy atom. The first-order chi connectivity index (χ1) is 10.6. The van der Waals surface area contributed by atoms with Crippen molar-refractivity contribution < 1.29 is 4.74 Å². The summed E-state index contributed by atoms with van der Waals surface area (Å²) in [5.74, 6) is 0.470. The van der Waals surface area contributed by atoms with Crippen molar-refractivity contribution in [1.29, 1.82) is 0 Å². The number of aromatic nitrogens is 2. The van der Waals surface area contributed by atoms with E-state index in [-0.39, 0.29) is 5.69 Å². The maximum Gasteiger partial charge on any atom is 0.326 e. The van der Waals surface area contributed by atoms with Crippen LogP contribution in [-0.2, 0) is 11.3 Å². The van der Waals surface area contributed by atoms with Crippen molar-refractivity contribution in [1.82, 2.24) is 14.5 Å². The summed E-state index contributed by atoms with van der Waals surface area (Å²) in [4.78, 5) is 17.6. The molecule has 1 saturated heterocycles. The first-order valence-corrected chi connectivity index (χ1v) is 8.18. The monoisotopic (exact) mass is 303 g/mol. The van der Waals surface area contributed by atoms with Crippen LogP contribution in [0.3, 0.4) is 0 Å². The molecule has 1 aromatic carbocycles. The molecule has 2 heterocycles. The van der Waals surface area contributed by atoms with Crippen LogP contribution in [0, 0.1) is 0 Å². The predicted molar refractivity (Wildman–Crippen MR) is 88.5 cm³/mol. The van der Waals surface area contributed by atoms with Gasteiger partial charge < -0.3 is 9.72 Å². The number of aromatic amines is 1. The quantitative estimate of drug-likeness (QED) is 0.921. The predicted octanol–water partition coefficient (Wildman–Crippen LogP) is 2.18. The lowest BCUT2D eigenvalue weighted by Gasteiger charge is -2.26. The number of fused-ring (bicyclic) bond motifs is 1. The maximum atomic E-state index is 12.2. The number of nitrogens with one attached hydrogen (secondary N) is 1. The molecule has 2 aromatic rings. The third kappa shape index (κ3) is 3.25. The summed E-state index contributed by atoms with van der Waals surface area (Å²) < 4.78 is 7.22. The zero-order valence-electron chi connectivity index (χ0n) is 13.5. The molecule has 1 aliphatic heterocycles. The Morgan fingerprint density at radius 3 is 2.73 bits per heavy atom. The average Bonchev–Trinajstić information content (AvgIpc) is 2.83. The topological polar surface area (TPSA) is 50.3 Å². The van der Waals surface area contributed by atoms with Crippen LogP contribution in [0.4, 0.5) is 0 Å². The molecule has 0 spiro atoms. The van der Waals surface area contributed by atoms with Crippen molar-refractivity contribution in [2.45, 2.75) is 32.7 Å². The summed E-state index contributed by atoms with van der Waals surface area (Å²) in [7, 11) is 0. The highest BCUT2D eigenvalue weighted by atomic mass is 16.5. The highest BCUT2D eigenvalue weighted by Crippen LogP contribution is 2.19. The van der Waals surface area contributed by atoms with E-state index >= 15 is 0 Å². The van der Waals surface area contributed by atoms with Crippen molar-refractivity contribution in [3.05, 3.63) is 34.2 Å². The van der Waals surface area contributed by atoms with Gasteiger partial charge in [0, 0.05) is 26.2 Å². The van der Waals surface area contributed by atoms with Gasteiger partial charge in [-0.15, -0.1) is 0 Å². The molecule has 1 N–H and O–H groups in total. The number of aryl methyl sites for hydroxylation is 1. The number of ether oxygens (including phenoxy) is 1. The molecule has 3 rings (SSSR count). The molecule has 0 bridgehead atoms. The smallest absolute Gasteiger partial charge is 0.326 e. The molecule has 1 aromatic heterocycles. The van der Waals surface area contributed by atoms with E-state index in [2.05, 4.69) is 41.9 Å². The molecule has 0 radical (unpaired) electrons. The van der Waals surface area contributed by atoms with E-state index < -0.39 is 0 Å². The largest absolute Gasteiger partial charge is 0.379 e. The summed E-state index contributed by atoms with van der Waals surface area (Å²) in [6.07, 6.45) is 0.985. The molecule has 0 atom stereocenters. The first-order valence-electron chi connectivity index (χ1n) is 8.18. The summed E-state index contributed by atoms with van der Waals surface area (Å²) in [5, 5.41) is 0. The van der Waals surface area contributed by atoms with Crippen molar-refractivity contribution in [3.8, 4) is 0 Å². The number of hydrogen-bond donors (Lipinski definition) is 1. The van der Waals surface area contributed by atoms with E-state index in [0.29, 0.717) is 5.92 Å². The summed E-state index contributed by atoms with van der Waals surface area (Å²) >= 11 is 0. The Morgan fingerprint density at radius 1 is 1.23 bits per heavy atom. The third-order valence-corrected chi connectivity index (χ3v) is 4.42. The fourth-order valence-corrected chi connectivity index (χ4v) is 3.04. The van der Waals surface area contributed by atoms with Crippen molar-refractivity contribution in [2.75, 3.05) is 32.8 Å². The summed E-state index contributed by atoms with van der Waals surface area (Å²) in [5.41, 5.74) is 3.21. The zero-order valence-corrected chi connectivity index (χ0v) is 13.5. The molecule has 120 valence electrons. The van der Waals surface area contributed by atoms with Crippen LogP contribution < -0.4 is 5.69 Å². The highest BCUT2D eigenvalue weighted by molar-refractivity contribution is 5.76. The SMILES string of the molecule is CC(C)c1ccc2c(c1)[nH]c(=O)n2CCCN1CCOCC1. The van der Waals surface area contributed by atoms with Crippen LogP contribution in [0.2, 0.25) is 0 Å². The van der Waals surface area contributed by atoms with E-state index in [1.807, 2.05) is 4.57 Å². The normalized spacial score (nSPS) is 16.7. The molecule has 0 unspecified atom stereocenters. The standard InChI is InChI=1S/C17H25N3O2/c1-13(2)14-4-5-16-15(12-14)18-17(21)20(16)7-3-6-19-8-10-22-11-9-19/h4-5,12-13H,3,6-11H2,1-2H3,(H,18,21). The fraction of sp³-hybridized carbons (Fsp3) is 0.588. The van der Waals surface area contributed by atoms with Crippen LogP contribution in [0.5, 0.6) is 0 Å². The number of nitrogens with zero attached hydrogens (tertiary/aromatic N) is 2. The number of morpholine rings is 1. The van der Waals surface area contributed by atoms with E-state index in [1.165, 1.54) is 5.56 Å². The van der Waals surface area contributed by atoms with Gasteiger partial charge in [0.25, 0.3) is 0 Å². The minimum Gasteiger partial charge on any atom is -0.379 e. The third-order valence-electron chi connectivity index (χ3n) is 4.42. The molecular formula is C17H25N3O2. The van der Waals surface area contributed by atoms with Gasteiger partial charge in [-0.2, -0.15) is 0 Å². The Balaban J connectivity index is 1.70.